The second kappa shape index (κ2) is 5.93. The predicted molar refractivity (Wildman–Crippen MR) is 72.6 cm³/mol. The van der Waals surface area contributed by atoms with E-state index in [1.54, 1.807) is 18.2 Å². The van der Waals surface area contributed by atoms with Gasteiger partial charge in [-0.05, 0) is 24.1 Å². The summed E-state index contributed by atoms with van der Waals surface area (Å²) in [6.45, 7) is 5.57. The Balaban J connectivity index is 1.99. The minimum atomic E-state index is -0.145. The zero-order chi connectivity index (χ0) is 13.8. The number of rotatable bonds is 4. The number of carbonyl (C=O) groups excluding carboxylic acids is 1. The van der Waals surface area contributed by atoms with E-state index < -0.39 is 0 Å². The summed E-state index contributed by atoms with van der Waals surface area (Å²) in [5.41, 5.74) is 6.45. The molecular weight excluding hydrogens is 244 g/mol. The molecule has 2 rings (SSSR count). The first kappa shape index (κ1) is 13.7. The van der Waals surface area contributed by atoms with Crippen molar-refractivity contribution in [3.63, 3.8) is 0 Å². The SMILES string of the molecule is CC(C)C(N)CNC(=O)c1ccc2c(c1)OCCO2. The van der Waals surface area contributed by atoms with E-state index in [0.29, 0.717) is 42.7 Å². The summed E-state index contributed by atoms with van der Waals surface area (Å²) in [5.74, 6) is 1.49. The molecule has 1 heterocycles. The van der Waals surface area contributed by atoms with E-state index in [1.807, 2.05) is 13.8 Å². The lowest BCUT2D eigenvalue weighted by atomic mass is 10.1. The second-order valence-corrected chi connectivity index (χ2v) is 4.98. The van der Waals surface area contributed by atoms with Gasteiger partial charge in [-0.1, -0.05) is 13.8 Å². The van der Waals surface area contributed by atoms with Crippen molar-refractivity contribution in [3.05, 3.63) is 23.8 Å². The second-order valence-electron chi connectivity index (χ2n) is 4.98. The maximum absolute atomic E-state index is 12.0. The van der Waals surface area contributed by atoms with Gasteiger partial charge < -0.3 is 20.5 Å². The molecule has 19 heavy (non-hydrogen) atoms. The Labute approximate surface area is 113 Å². The monoisotopic (exact) mass is 264 g/mol. The van der Waals surface area contributed by atoms with Gasteiger partial charge in [0, 0.05) is 18.2 Å². The van der Waals surface area contributed by atoms with Crippen LogP contribution in [-0.2, 0) is 0 Å². The highest BCUT2D eigenvalue weighted by atomic mass is 16.6. The fourth-order valence-corrected chi connectivity index (χ4v) is 1.73. The Kier molecular flexibility index (Phi) is 4.27. The van der Waals surface area contributed by atoms with Crippen LogP contribution in [0.15, 0.2) is 18.2 Å². The third kappa shape index (κ3) is 3.38. The maximum Gasteiger partial charge on any atom is 0.251 e. The fourth-order valence-electron chi connectivity index (χ4n) is 1.73. The van der Waals surface area contributed by atoms with Gasteiger partial charge in [0.2, 0.25) is 0 Å². The Morgan fingerprint density at radius 1 is 1.32 bits per heavy atom. The van der Waals surface area contributed by atoms with Gasteiger partial charge in [0.05, 0.1) is 0 Å². The molecule has 5 heteroatoms. The fraction of sp³-hybridized carbons (Fsp3) is 0.500. The van der Waals surface area contributed by atoms with Gasteiger partial charge in [-0.3, -0.25) is 4.79 Å². The lowest BCUT2D eigenvalue weighted by molar-refractivity contribution is 0.0948. The number of amides is 1. The van der Waals surface area contributed by atoms with Crippen molar-refractivity contribution >= 4 is 5.91 Å². The summed E-state index contributed by atoms with van der Waals surface area (Å²) in [5, 5.41) is 2.83. The minimum Gasteiger partial charge on any atom is -0.486 e. The van der Waals surface area contributed by atoms with Gasteiger partial charge in [-0.15, -0.1) is 0 Å². The smallest absolute Gasteiger partial charge is 0.251 e. The van der Waals surface area contributed by atoms with E-state index in [1.165, 1.54) is 0 Å². The largest absolute Gasteiger partial charge is 0.486 e. The molecule has 1 aliphatic heterocycles. The van der Waals surface area contributed by atoms with Gasteiger partial charge in [0.1, 0.15) is 13.2 Å². The van der Waals surface area contributed by atoms with Crippen molar-refractivity contribution in [3.8, 4) is 11.5 Å². The zero-order valence-corrected chi connectivity index (χ0v) is 11.3. The summed E-state index contributed by atoms with van der Waals surface area (Å²) in [7, 11) is 0. The molecule has 1 amide bonds. The molecule has 0 aliphatic carbocycles. The summed E-state index contributed by atoms with van der Waals surface area (Å²) >= 11 is 0. The van der Waals surface area contributed by atoms with Crippen molar-refractivity contribution in [2.75, 3.05) is 19.8 Å². The molecule has 3 N–H and O–H groups in total. The Morgan fingerprint density at radius 3 is 2.68 bits per heavy atom. The van der Waals surface area contributed by atoms with Gasteiger partial charge in [-0.25, -0.2) is 0 Å². The third-order valence-electron chi connectivity index (χ3n) is 3.16. The van der Waals surface area contributed by atoms with E-state index in [0.717, 1.165) is 0 Å². The first-order valence-corrected chi connectivity index (χ1v) is 6.51. The summed E-state index contributed by atoms with van der Waals surface area (Å²) in [6.07, 6.45) is 0. The number of benzene rings is 1. The van der Waals surface area contributed by atoms with Gasteiger partial charge in [0.15, 0.2) is 11.5 Å². The van der Waals surface area contributed by atoms with Crippen LogP contribution in [0.3, 0.4) is 0 Å². The molecule has 0 radical (unpaired) electrons. The lowest BCUT2D eigenvalue weighted by Crippen LogP contribution is -2.40. The standard InChI is InChI=1S/C14H20N2O3/c1-9(2)11(15)8-16-14(17)10-3-4-12-13(7-10)19-6-5-18-12/h3-4,7,9,11H,5-6,8,15H2,1-2H3,(H,16,17). The van der Waals surface area contributed by atoms with Gasteiger partial charge in [-0.2, -0.15) is 0 Å². The molecule has 1 aromatic carbocycles. The van der Waals surface area contributed by atoms with Crippen LogP contribution in [0.5, 0.6) is 11.5 Å². The molecule has 1 aromatic rings. The number of ether oxygens (including phenoxy) is 2. The minimum absolute atomic E-state index is 0.0406. The number of hydrogen-bond acceptors (Lipinski definition) is 4. The van der Waals surface area contributed by atoms with Crippen molar-refractivity contribution in [1.82, 2.24) is 5.32 Å². The molecule has 0 bridgehead atoms. The number of nitrogens with one attached hydrogen (secondary N) is 1. The molecular formula is C14H20N2O3. The summed E-state index contributed by atoms with van der Waals surface area (Å²) < 4.78 is 10.9. The molecule has 5 nitrogen and oxygen atoms in total. The maximum atomic E-state index is 12.0. The first-order valence-electron chi connectivity index (χ1n) is 6.51. The molecule has 1 aliphatic rings. The Hall–Kier alpha value is -1.75. The quantitative estimate of drug-likeness (QED) is 0.856. The lowest BCUT2D eigenvalue weighted by Gasteiger charge is -2.19. The van der Waals surface area contributed by atoms with Crippen LogP contribution in [0, 0.1) is 5.92 Å². The van der Waals surface area contributed by atoms with Gasteiger partial charge in [0.25, 0.3) is 5.91 Å². The molecule has 1 unspecified atom stereocenters. The Morgan fingerprint density at radius 2 is 2.00 bits per heavy atom. The van der Waals surface area contributed by atoms with E-state index in [-0.39, 0.29) is 11.9 Å². The first-order chi connectivity index (χ1) is 9.08. The van der Waals surface area contributed by atoms with E-state index in [9.17, 15) is 4.79 Å². The van der Waals surface area contributed by atoms with Crippen LogP contribution in [-0.4, -0.2) is 31.7 Å². The normalized spacial score (nSPS) is 15.2. The highest BCUT2D eigenvalue weighted by Crippen LogP contribution is 2.30. The Bertz CT molecular complexity index is 460. The van der Waals surface area contributed by atoms with Crippen LogP contribution < -0.4 is 20.5 Å². The van der Waals surface area contributed by atoms with Gasteiger partial charge >= 0.3 is 0 Å². The molecule has 0 spiro atoms. The van der Waals surface area contributed by atoms with E-state index in [4.69, 9.17) is 15.2 Å². The number of carbonyl (C=O) groups is 1. The zero-order valence-electron chi connectivity index (χ0n) is 11.3. The highest BCUT2D eigenvalue weighted by Gasteiger charge is 2.15. The van der Waals surface area contributed by atoms with Crippen LogP contribution >= 0.6 is 0 Å². The summed E-state index contributed by atoms with van der Waals surface area (Å²) in [6, 6.07) is 5.14. The number of fused-ring (bicyclic) bond motifs is 1. The molecule has 0 saturated heterocycles. The average Bonchev–Trinajstić information content (AvgIpc) is 2.43. The van der Waals surface area contributed by atoms with Crippen LogP contribution in [0.25, 0.3) is 0 Å². The third-order valence-corrected chi connectivity index (χ3v) is 3.16. The molecule has 0 fully saturated rings. The topological polar surface area (TPSA) is 73.6 Å². The van der Waals surface area contributed by atoms with E-state index in [2.05, 4.69) is 5.32 Å². The molecule has 104 valence electrons. The molecule has 1 atom stereocenters. The molecule has 0 saturated carbocycles. The van der Waals surface area contributed by atoms with Crippen LogP contribution in [0.4, 0.5) is 0 Å². The average molecular weight is 264 g/mol. The van der Waals surface area contributed by atoms with Crippen LogP contribution in [0.2, 0.25) is 0 Å². The number of nitrogens with two attached hydrogens (primary N) is 1. The summed E-state index contributed by atoms with van der Waals surface area (Å²) in [4.78, 5) is 12.0. The van der Waals surface area contributed by atoms with Crippen molar-refractivity contribution in [1.29, 1.82) is 0 Å². The molecule has 0 aromatic heterocycles. The number of hydrogen-bond donors (Lipinski definition) is 2. The van der Waals surface area contributed by atoms with Crippen molar-refractivity contribution in [2.24, 2.45) is 11.7 Å². The predicted octanol–water partition coefficient (Wildman–Crippen LogP) is 1.17. The van der Waals surface area contributed by atoms with Crippen LogP contribution in [0.1, 0.15) is 24.2 Å². The van der Waals surface area contributed by atoms with E-state index >= 15 is 0 Å². The van der Waals surface area contributed by atoms with Crippen molar-refractivity contribution < 1.29 is 14.3 Å². The van der Waals surface area contributed by atoms with Crippen molar-refractivity contribution in [2.45, 2.75) is 19.9 Å². The highest BCUT2D eigenvalue weighted by molar-refractivity contribution is 5.94.